The monoisotopic (exact) mass is 601 g/mol. The molecule has 2 aliphatic rings. The van der Waals surface area contributed by atoms with Crippen molar-refractivity contribution < 1.29 is 26.8 Å². The van der Waals surface area contributed by atoms with E-state index in [1.165, 1.54) is 44.1 Å². The van der Waals surface area contributed by atoms with E-state index >= 15 is 0 Å². The van der Waals surface area contributed by atoms with Crippen molar-refractivity contribution in [3.63, 3.8) is 0 Å². The maximum Gasteiger partial charge on any atom is 0.255 e. The first kappa shape index (κ1) is 27.1. The molecule has 1 amide bonds. The summed E-state index contributed by atoms with van der Waals surface area (Å²) in [4.78, 5) is 22.8. The molecule has 0 spiro atoms. The molecule has 12 heteroatoms. The van der Waals surface area contributed by atoms with Crippen molar-refractivity contribution in [1.82, 2.24) is 19.9 Å². The summed E-state index contributed by atoms with van der Waals surface area (Å²) in [5, 5.41) is 3.12. The fourth-order valence-corrected chi connectivity index (χ4v) is 6.41. The summed E-state index contributed by atoms with van der Waals surface area (Å²) < 4.78 is 54.7. The van der Waals surface area contributed by atoms with Crippen LogP contribution in [-0.4, -0.2) is 49.2 Å². The summed E-state index contributed by atoms with van der Waals surface area (Å²) in [6, 6.07) is 10.9. The number of hydrogen-bond donors (Lipinski definition) is 1. The number of sulfonamides is 1. The number of benzene rings is 2. The molecule has 1 N–H and O–H groups in total. The van der Waals surface area contributed by atoms with Gasteiger partial charge in [-0.1, -0.05) is 0 Å². The van der Waals surface area contributed by atoms with Crippen LogP contribution in [0.2, 0.25) is 0 Å². The van der Waals surface area contributed by atoms with Crippen molar-refractivity contribution in [3.05, 3.63) is 71.4 Å². The zero-order chi connectivity index (χ0) is 30.0. The Hall–Kier alpha value is -4.71. The van der Waals surface area contributed by atoms with Gasteiger partial charge in [-0.2, -0.15) is 0 Å². The maximum absolute atomic E-state index is 13.7. The largest absolute Gasteiger partial charge is 0.455 e. The quantitative estimate of drug-likeness (QED) is 0.296. The van der Waals surface area contributed by atoms with Gasteiger partial charge in [0.15, 0.2) is 6.73 Å². The van der Waals surface area contributed by atoms with Crippen LogP contribution in [0.15, 0.2) is 53.1 Å². The molecule has 7 rings (SSSR count). The lowest BCUT2D eigenvalue weighted by molar-refractivity contribution is 0.0964. The minimum atomic E-state index is -3.70. The summed E-state index contributed by atoms with van der Waals surface area (Å²) in [5.74, 6) is 0.633. The molecule has 0 fully saturated rings. The Bertz CT molecular complexity index is 2050. The van der Waals surface area contributed by atoms with Crippen LogP contribution < -0.4 is 14.4 Å². The molecule has 4 heterocycles. The number of amides is 1. The van der Waals surface area contributed by atoms with Gasteiger partial charge in [0.2, 0.25) is 15.9 Å². The van der Waals surface area contributed by atoms with Gasteiger partial charge < -0.3 is 14.5 Å². The van der Waals surface area contributed by atoms with Crippen LogP contribution >= 0.6 is 0 Å². The molecule has 3 aromatic heterocycles. The molecule has 1 aliphatic carbocycles. The number of carbonyl (C=O) groups is 1. The Kier molecular flexibility index (Phi) is 6.27. The summed E-state index contributed by atoms with van der Waals surface area (Å²) in [5.41, 5.74) is 5.45. The van der Waals surface area contributed by atoms with Crippen LogP contribution in [0.5, 0.6) is 5.88 Å². The Labute approximate surface area is 247 Å². The van der Waals surface area contributed by atoms with E-state index in [2.05, 4.69) is 14.9 Å². The first-order valence-corrected chi connectivity index (χ1v) is 15.7. The molecule has 2 aromatic carbocycles. The Balaban J connectivity index is 1.47. The Morgan fingerprint density at radius 2 is 1.84 bits per heavy atom. The molecule has 0 saturated carbocycles. The number of carbonyl (C=O) groups excluding carboxylic acids is 1. The molecule has 43 heavy (non-hydrogen) atoms. The summed E-state index contributed by atoms with van der Waals surface area (Å²) in [6.07, 6.45) is 6.78. The highest BCUT2D eigenvalue weighted by Crippen LogP contribution is 2.44. The minimum absolute atomic E-state index is 0.240. The number of pyridine rings is 1. The molecule has 5 aromatic rings. The van der Waals surface area contributed by atoms with Crippen molar-refractivity contribution in [1.29, 1.82) is 0 Å². The number of halogens is 1. The zero-order valence-electron chi connectivity index (χ0n) is 23.8. The van der Waals surface area contributed by atoms with Crippen LogP contribution in [0.1, 0.15) is 34.6 Å². The second-order valence-corrected chi connectivity index (χ2v) is 12.8. The van der Waals surface area contributed by atoms with Crippen LogP contribution in [-0.2, 0) is 29.6 Å². The standard InChI is InChI=1S/C31H28FN5O5S/c1-33-30(38)27-21-13-20(18-12-22-29-35-23-6-4-5-7-24(23)37(29)16-41-31(22)34-15-18)25(36(2)43(3,39)40)14-26(21)42-28(27)17-8-10-19(32)11-9-17/h8-15H,4-7,16H2,1-3H3,(H,33,38). The van der Waals surface area contributed by atoms with Crippen molar-refractivity contribution in [2.45, 2.75) is 32.4 Å². The smallest absolute Gasteiger partial charge is 0.255 e. The lowest BCUT2D eigenvalue weighted by Gasteiger charge is -2.23. The number of nitrogens with one attached hydrogen (secondary N) is 1. The minimum Gasteiger partial charge on any atom is -0.455 e. The van der Waals surface area contributed by atoms with Gasteiger partial charge in [-0.15, -0.1) is 0 Å². The van der Waals surface area contributed by atoms with Gasteiger partial charge >= 0.3 is 0 Å². The highest BCUT2D eigenvalue weighted by Gasteiger charge is 2.29. The third kappa shape index (κ3) is 4.44. The van der Waals surface area contributed by atoms with Crippen LogP contribution in [0, 0.1) is 5.82 Å². The Morgan fingerprint density at radius 3 is 2.58 bits per heavy atom. The van der Waals surface area contributed by atoms with E-state index in [1.807, 2.05) is 6.07 Å². The van der Waals surface area contributed by atoms with Crippen LogP contribution in [0.25, 0.3) is 44.8 Å². The third-order valence-electron chi connectivity index (χ3n) is 8.17. The van der Waals surface area contributed by atoms with Gasteiger partial charge in [0.1, 0.15) is 23.0 Å². The average Bonchev–Trinajstić information content (AvgIpc) is 3.58. The lowest BCUT2D eigenvalue weighted by atomic mass is 9.98. The average molecular weight is 602 g/mol. The van der Waals surface area contributed by atoms with Gasteiger partial charge in [0.05, 0.1) is 28.8 Å². The van der Waals surface area contributed by atoms with Gasteiger partial charge in [0.25, 0.3) is 5.91 Å². The number of furan rings is 1. The van der Waals surface area contributed by atoms with Crippen molar-refractivity contribution in [2.75, 3.05) is 24.7 Å². The summed E-state index contributed by atoms with van der Waals surface area (Å²) >= 11 is 0. The number of ether oxygens (including phenoxy) is 1. The predicted octanol–water partition coefficient (Wildman–Crippen LogP) is 5.15. The molecule has 0 radical (unpaired) electrons. The SMILES string of the molecule is CNC(=O)c1c(-c2ccc(F)cc2)oc2cc(N(C)S(C)(=O)=O)c(-c3cnc4c(c3)-c3nc5c(n3CO4)CCCC5)cc12. The molecular formula is C31H28FN5O5S. The molecule has 220 valence electrons. The molecule has 0 bridgehead atoms. The fourth-order valence-electron chi connectivity index (χ4n) is 5.90. The summed E-state index contributed by atoms with van der Waals surface area (Å²) in [7, 11) is -0.726. The number of aromatic nitrogens is 3. The van der Waals surface area contributed by atoms with Gasteiger partial charge in [-0.3, -0.25) is 13.7 Å². The van der Waals surface area contributed by atoms with E-state index in [4.69, 9.17) is 14.1 Å². The fraction of sp³-hybridized carbons (Fsp3) is 0.258. The number of aryl methyl sites for hydroxylation is 1. The van der Waals surface area contributed by atoms with E-state index in [0.717, 1.165) is 47.8 Å². The molecule has 0 saturated heterocycles. The van der Waals surface area contributed by atoms with Crippen molar-refractivity contribution >= 4 is 32.6 Å². The normalized spacial score (nSPS) is 14.0. The number of rotatable bonds is 5. The molecule has 1 aliphatic heterocycles. The second-order valence-electron chi connectivity index (χ2n) is 10.8. The number of anilines is 1. The number of imidazole rings is 1. The van der Waals surface area contributed by atoms with E-state index in [1.54, 1.807) is 18.3 Å². The third-order valence-corrected chi connectivity index (χ3v) is 9.36. The number of fused-ring (bicyclic) bond motifs is 6. The van der Waals surface area contributed by atoms with Crippen molar-refractivity contribution in [3.8, 4) is 39.7 Å². The predicted molar refractivity (Wildman–Crippen MR) is 160 cm³/mol. The van der Waals surface area contributed by atoms with Gasteiger partial charge in [-0.25, -0.2) is 22.8 Å². The molecule has 10 nitrogen and oxygen atoms in total. The maximum atomic E-state index is 13.7. The highest BCUT2D eigenvalue weighted by atomic mass is 32.2. The van der Waals surface area contributed by atoms with Gasteiger partial charge in [-0.05, 0) is 62.1 Å². The van der Waals surface area contributed by atoms with E-state index in [-0.39, 0.29) is 11.3 Å². The zero-order valence-corrected chi connectivity index (χ0v) is 24.6. The molecule has 0 unspecified atom stereocenters. The van der Waals surface area contributed by atoms with E-state index in [0.29, 0.717) is 51.5 Å². The summed E-state index contributed by atoms with van der Waals surface area (Å²) in [6.45, 7) is 0.335. The second kappa shape index (κ2) is 9.94. The topological polar surface area (TPSA) is 120 Å². The highest BCUT2D eigenvalue weighted by molar-refractivity contribution is 7.92. The van der Waals surface area contributed by atoms with Crippen LogP contribution in [0.3, 0.4) is 0 Å². The van der Waals surface area contributed by atoms with E-state index in [9.17, 15) is 17.6 Å². The number of hydrogen-bond acceptors (Lipinski definition) is 7. The van der Waals surface area contributed by atoms with Crippen molar-refractivity contribution in [2.24, 2.45) is 0 Å². The first-order valence-electron chi connectivity index (χ1n) is 13.9. The molecular weight excluding hydrogens is 573 g/mol. The van der Waals surface area contributed by atoms with E-state index < -0.39 is 21.7 Å². The number of nitrogens with zero attached hydrogens (tertiary/aromatic N) is 4. The van der Waals surface area contributed by atoms with Crippen LogP contribution in [0.4, 0.5) is 10.1 Å². The lowest BCUT2D eigenvalue weighted by Crippen LogP contribution is -2.25. The Morgan fingerprint density at radius 1 is 1.07 bits per heavy atom. The molecule has 0 atom stereocenters. The first-order chi connectivity index (χ1) is 20.6. The van der Waals surface area contributed by atoms with Gasteiger partial charge in [0, 0.05) is 54.1 Å².